The SMILES string of the molecule is Oc1c2ccnc-2ncn1CCc1cccs1. The van der Waals surface area contributed by atoms with Gasteiger partial charge in [-0.15, -0.1) is 11.3 Å². The highest BCUT2D eigenvalue weighted by molar-refractivity contribution is 7.09. The quantitative estimate of drug-likeness (QED) is 0.770. The van der Waals surface area contributed by atoms with E-state index in [1.54, 1.807) is 34.5 Å². The Hall–Kier alpha value is -1.88. The summed E-state index contributed by atoms with van der Waals surface area (Å²) < 4.78 is 1.75. The largest absolute Gasteiger partial charge is 0.494 e. The Labute approximate surface area is 103 Å². The van der Waals surface area contributed by atoms with Crippen molar-refractivity contribution in [1.29, 1.82) is 0 Å². The van der Waals surface area contributed by atoms with Gasteiger partial charge in [0.05, 0.1) is 11.9 Å². The van der Waals surface area contributed by atoms with E-state index in [9.17, 15) is 5.11 Å². The predicted octanol–water partition coefficient (Wildman–Crippen LogP) is 2.39. The summed E-state index contributed by atoms with van der Waals surface area (Å²) in [5, 5.41) is 12.1. The van der Waals surface area contributed by atoms with E-state index in [0.29, 0.717) is 11.4 Å². The molecular formula is C12H11N3OS. The topological polar surface area (TPSA) is 50.9 Å². The molecule has 0 unspecified atom stereocenters. The summed E-state index contributed by atoms with van der Waals surface area (Å²) in [5.74, 6) is 0.832. The van der Waals surface area contributed by atoms with Crippen LogP contribution in [0.1, 0.15) is 4.88 Å². The van der Waals surface area contributed by atoms with E-state index in [1.165, 1.54) is 4.88 Å². The molecule has 0 saturated heterocycles. The molecule has 86 valence electrons. The zero-order valence-electron chi connectivity index (χ0n) is 9.08. The Morgan fingerprint density at radius 2 is 2.24 bits per heavy atom. The van der Waals surface area contributed by atoms with Crippen LogP contribution in [0.3, 0.4) is 0 Å². The molecule has 1 aromatic rings. The molecule has 0 saturated carbocycles. The minimum Gasteiger partial charge on any atom is -0.494 e. The standard InChI is InChI=1S/C12H11N3OS/c16-12-10-3-5-13-11(10)14-8-15(12)6-4-9-2-1-7-17-9/h1-3,5,7-8,16H,4,6H2. The molecule has 17 heavy (non-hydrogen) atoms. The number of aromatic nitrogens is 3. The summed E-state index contributed by atoms with van der Waals surface area (Å²) in [6, 6.07) is 5.91. The monoisotopic (exact) mass is 245 g/mol. The molecule has 0 spiro atoms. The van der Waals surface area contributed by atoms with Crippen molar-refractivity contribution in [3.63, 3.8) is 0 Å². The molecule has 0 bridgehead atoms. The molecule has 4 nitrogen and oxygen atoms in total. The maximum absolute atomic E-state index is 10.1. The van der Waals surface area contributed by atoms with E-state index in [-0.39, 0.29) is 5.88 Å². The average Bonchev–Trinajstić information content (AvgIpc) is 2.99. The van der Waals surface area contributed by atoms with Gasteiger partial charge in [-0.25, -0.2) is 9.97 Å². The van der Waals surface area contributed by atoms with E-state index in [1.807, 2.05) is 6.07 Å². The molecule has 2 aliphatic heterocycles. The first kappa shape index (κ1) is 10.3. The van der Waals surface area contributed by atoms with Gasteiger partial charge in [-0.1, -0.05) is 6.07 Å². The second-order valence-corrected chi connectivity index (χ2v) is 4.81. The number of nitrogens with zero attached hydrogens (tertiary/aromatic N) is 3. The third kappa shape index (κ3) is 1.89. The van der Waals surface area contributed by atoms with E-state index in [4.69, 9.17) is 0 Å². The maximum Gasteiger partial charge on any atom is 0.203 e. The van der Waals surface area contributed by atoms with Crippen LogP contribution in [0.15, 0.2) is 36.1 Å². The summed E-state index contributed by atoms with van der Waals surface area (Å²) in [7, 11) is 0. The number of rotatable bonds is 3. The van der Waals surface area contributed by atoms with Gasteiger partial charge >= 0.3 is 0 Å². The van der Waals surface area contributed by atoms with Crippen molar-refractivity contribution in [3.8, 4) is 17.3 Å². The Bertz CT molecular complexity index is 588. The van der Waals surface area contributed by atoms with Crippen LogP contribution in [0.25, 0.3) is 11.4 Å². The third-order valence-electron chi connectivity index (χ3n) is 2.69. The fourth-order valence-corrected chi connectivity index (χ4v) is 2.48. The van der Waals surface area contributed by atoms with Crippen molar-refractivity contribution in [2.45, 2.75) is 13.0 Å². The summed E-state index contributed by atoms with van der Waals surface area (Å²) in [4.78, 5) is 9.55. The lowest BCUT2D eigenvalue weighted by molar-refractivity contribution is 0.410. The van der Waals surface area contributed by atoms with Crippen LogP contribution >= 0.6 is 11.3 Å². The fraction of sp³-hybridized carbons (Fsp3) is 0.167. The van der Waals surface area contributed by atoms with Gasteiger partial charge in [-0.3, -0.25) is 0 Å². The van der Waals surface area contributed by atoms with Gasteiger partial charge in [0.15, 0.2) is 5.82 Å². The van der Waals surface area contributed by atoms with Crippen LogP contribution in [0, 0.1) is 0 Å². The lowest BCUT2D eigenvalue weighted by atomic mass is 10.3. The molecule has 0 fully saturated rings. The lowest BCUT2D eigenvalue weighted by Gasteiger charge is -2.10. The van der Waals surface area contributed by atoms with Crippen molar-refractivity contribution >= 4 is 11.3 Å². The molecule has 0 radical (unpaired) electrons. The average molecular weight is 245 g/mol. The highest BCUT2D eigenvalue weighted by atomic mass is 32.1. The third-order valence-corrected chi connectivity index (χ3v) is 3.63. The van der Waals surface area contributed by atoms with Crippen LogP contribution in [0.5, 0.6) is 5.88 Å². The fourth-order valence-electron chi connectivity index (χ4n) is 1.79. The minimum atomic E-state index is 0.240. The van der Waals surface area contributed by atoms with Crippen molar-refractivity contribution in [1.82, 2.24) is 14.5 Å². The van der Waals surface area contributed by atoms with Crippen LogP contribution in [0.2, 0.25) is 0 Å². The number of thiophene rings is 1. The normalized spacial score (nSPS) is 11.1. The van der Waals surface area contributed by atoms with Gasteiger partial charge in [0.2, 0.25) is 5.88 Å². The molecule has 1 aromatic heterocycles. The zero-order chi connectivity index (χ0) is 11.7. The van der Waals surface area contributed by atoms with Crippen molar-refractivity contribution in [3.05, 3.63) is 41.0 Å². The van der Waals surface area contributed by atoms with Gasteiger partial charge in [-0.05, 0) is 23.9 Å². The maximum atomic E-state index is 10.1. The van der Waals surface area contributed by atoms with E-state index >= 15 is 0 Å². The molecule has 1 N–H and O–H groups in total. The Morgan fingerprint density at radius 3 is 3.06 bits per heavy atom. The predicted molar refractivity (Wildman–Crippen MR) is 66.3 cm³/mol. The molecular weight excluding hydrogens is 234 g/mol. The summed E-state index contributed by atoms with van der Waals surface area (Å²) >= 11 is 1.73. The number of aryl methyl sites for hydroxylation is 2. The molecule has 5 heteroatoms. The second kappa shape index (κ2) is 4.18. The minimum absolute atomic E-state index is 0.240. The number of aromatic hydroxyl groups is 1. The van der Waals surface area contributed by atoms with Crippen molar-refractivity contribution < 1.29 is 5.11 Å². The smallest absolute Gasteiger partial charge is 0.203 e. The van der Waals surface area contributed by atoms with Crippen LogP contribution in [-0.4, -0.2) is 19.6 Å². The summed E-state index contributed by atoms with van der Waals surface area (Å²) in [5.41, 5.74) is 0.707. The van der Waals surface area contributed by atoms with Gasteiger partial charge < -0.3 is 9.67 Å². The van der Waals surface area contributed by atoms with Gasteiger partial charge in [0, 0.05) is 17.6 Å². The number of hydrogen-bond donors (Lipinski definition) is 1. The van der Waals surface area contributed by atoms with Gasteiger partial charge in [-0.2, -0.15) is 0 Å². The molecule has 0 atom stereocenters. The first-order chi connectivity index (χ1) is 8.34. The van der Waals surface area contributed by atoms with Gasteiger partial charge in [0.1, 0.15) is 0 Å². The molecule has 2 aliphatic rings. The van der Waals surface area contributed by atoms with Crippen LogP contribution < -0.4 is 0 Å². The summed E-state index contributed by atoms with van der Waals surface area (Å²) in [6.07, 6.45) is 4.19. The highest BCUT2D eigenvalue weighted by Gasteiger charge is 2.13. The second-order valence-electron chi connectivity index (χ2n) is 3.77. The Balaban J connectivity index is 1.86. The van der Waals surface area contributed by atoms with E-state index in [2.05, 4.69) is 21.4 Å². The number of hydrogen-bond acceptors (Lipinski definition) is 4. The first-order valence-electron chi connectivity index (χ1n) is 5.36. The van der Waals surface area contributed by atoms with E-state index < -0.39 is 0 Å². The molecule has 3 rings (SSSR count). The van der Waals surface area contributed by atoms with E-state index in [0.717, 1.165) is 13.0 Å². The summed E-state index contributed by atoms with van der Waals surface area (Å²) in [6.45, 7) is 0.723. The van der Waals surface area contributed by atoms with Crippen LogP contribution in [-0.2, 0) is 13.0 Å². The molecule has 0 aromatic carbocycles. The van der Waals surface area contributed by atoms with Crippen molar-refractivity contribution in [2.75, 3.05) is 0 Å². The Morgan fingerprint density at radius 1 is 1.29 bits per heavy atom. The Kier molecular flexibility index (Phi) is 2.53. The lowest BCUT2D eigenvalue weighted by Crippen LogP contribution is -2.04. The number of fused-ring (bicyclic) bond motifs is 1. The van der Waals surface area contributed by atoms with Crippen molar-refractivity contribution in [2.24, 2.45) is 0 Å². The highest BCUT2D eigenvalue weighted by Crippen LogP contribution is 2.27. The molecule has 0 amide bonds. The van der Waals surface area contributed by atoms with Gasteiger partial charge in [0.25, 0.3) is 0 Å². The molecule has 0 aliphatic carbocycles. The molecule has 3 heterocycles. The first-order valence-corrected chi connectivity index (χ1v) is 6.24. The van der Waals surface area contributed by atoms with Crippen LogP contribution in [0.4, 0.5) is 0 Å². The zero-order valence-corrected chi connectivity index (χ0v) is 9.89.